The Balaban J connectivity index is 2.17. The van der Waals surface area contributed by atoms with Crippen LogP contribution in [0.25, 0.3) is 0 Å². The fourth-order valence-electron chi connectivity index (χ4n) is 2.62. The largest absolute Gasteiger partial charge is 0.378 e. The van der Waals surface area contributed by atoms with Crippen molar-refractivity contribution in [1.29, 1.82) is 0 Å². The van der Waals surface area contributed by atoms with Gasteiger partial charge in [-0.25, -0.2) is 0 Å². The third kappa shape index (κ3) is 2.82. The summed E-state index contributed by atoms with van der Waals surface area (Å²) in [7, 11) is -3.39. The van der Waals surface area contributed by atoms with E-state index in [4.69, 9.17) is 16.3 Å². The van der Waals surface area contributed by atoms with E-state index in [2.05, 4.69) is 0 Å². The monoisotopic (exact) mass is 296 g/mol. The van der Waals surface area contributed by atoms with E-state index in [0.29, 0.717) is 32.2 Å². The van der Waals surface area contributed by atoms with Crippen molar-refractivity contribution in [3.8, 4) is 0 Å². The third-order valence-electron chi connectivity index (χ3n) is 3.65. The summed E-state index contributed by atoms with van der Waals surface area (Å²) in [5.74, 6) is 0.373. The number of alkyl halides is 1. The standard InChI is InChI=1S/C11H21ClN2O3S/c1-10-9-17-7-6-13(10)18(15,16)14-5-3-2-4-11(14)8-12/h10-11H,2-9H2,1H3. The van der Waals surface area contributed by atoms with Gasteiger partial charge in [0.25, 0.3) is 10.2 Å². The van der Waals surface area contributed by atoms with Crippen molar-refractivity contribution in [2.45, 2.75) is 38.3 Å². The Labute approximate surface area is 114 Å². The van der Waals surface area contributed by atoms with Gasteiger partial charge in [0.2, 0.25) is 0 Å². The fraction of sp³-hybridized carbons (Fsp3) is 1.00. The number of morpholine rings is 1. The number of hydrogen-bond acceptors (Lipinski definition) is 3. The van der Waals surface area contributed by atoms with Gasteiger partial charge < -0.3 is 4.74 Å². The molecule has 18 heavy (non-hydrogen) atoms. The zero-order valence-corrected chi connectivity index (χ0v) is 12.3. The highest BCUT2D eigenvalue weighted by Gasteiger charge is 2.39. The van der Waals surface area contributed by atoms with Crippen LogP contribution in [0, 0.1) is 0 Å². The van der Waals surface area contributed by atoms with Gasteiger partial charge in [-0.15, -0.1) is 11.6 Å². The first-order valence-corrected chi connectivity index (χ1v) is 8.43. The molecule has 106 valence electrons. The molecule has 0 aromatic heterocycles. The van der Waals surface area contributed by atoms with Crippen LogP contribution < -0.4 is 0 Å². The molecule has 0 amide bonds. The summed E-state index contributed by atoms with van der Waals surface area (Å²) >= 11 is 5.91. The van der Waals surface area contributed by atoms with E-state index in [9.17, 15) is 8.42 Å². The molecule has 0 radical (unpaired) electrons. The second-order valence-corrected chi connectivity index (χ2v) is 7.10. The fourth-order valence-corrected chi connectivity index (χ4v) is 5.03. The Morgan fingerprint density at radius 1 is 1.28 bits per heavy atom. The molecule has 0 bridgehead atoms. The molecule has 0 saturated carbocycles. The lowest BCUT2D eigenvalue weighted by molar-refractivity contribution is 0.0350. The third-order valence-corrected chi connectivity index (χ3v) is 6.22. The van der Waals surface area contributed by atoms with Crippen LogP contribution in [0.15, 0.2) is 0 Å². The molecule has 2 heterocycles. The maximum atomic E-state index is 12.7. The first-order chi connectivity index (χ1) is 8.57. The van der Waals surface area contributed by atoms with E-state index in [-0.39, 0.29) is 12.1 Å². The van der Waals surface area contributed by atoms with Crippen LogP contribution in [-0.2, 0) is 14.9 Å². The summed E-state index contributed by atoms with van der Waals surface area (Å²) in [5.41, 5.74) is 0. The van der Waals surface area contributed by atoms with Gasteiger partial charge in [-0.05, 0) is 19.8 Å². The molecule has 5 nitrogen and oxygen atoms in total. The first-order valence-electron chi connectivity index (χ1n) is 6.49. The van der Waals surface area contributed by atoms with E-state index in [1.54, 1.807) is 8.61 Å². The van der Waals surface area contributed by atoms with Crippen LogP contribution in [0.1, 0.15) is 26.2 Å². The van der Waals surface area contributed by atoms with Gasteiger partial charge >= 0.3 is 0 Å². The number of rotatable bonds is 3. The van der Waals surface area contributed by atoms with Crippen LogP contribution in [-0.4, -0.2) is 61.3 Å². The van der Waals surface area contributed by atoms with Crippen LogP contribution >= 0.6 is 11.6 Å². The van der Waals surface area contributed by atoms with E-state index in [0.717, 1.165) is 19.3 Å². The molecule has 2 fully saturated rings. The summed E-state index contributed by atoms with van der Waals surface area (Å²) < 4.78 is 33.8. The molecule has 2 saturated heterocycles. The number of hydrogen-bond donors (Lipinski definition) is 0. The SMILES string of the molecule is CC1COCCN1S(=O)(=O)N1CCCCC1CCl. The average molecular weight is 297 g/mol. The Bertz CT molecular complexity index is 376. The number of nitrogens with zero attached hydrogens (tertiary/aromatic N) is 2. The highest BCUT2D eigenvalue weighted by Crippen LogP contribution is 2.25. The maximum Gasteiger partial charge on any atom is 0.282 e. The minimum absolute atomic E-state index is 0.0551. The zero-order valence-electron chi connectivity index (χ0n) is 10.7. The van der Waals surface area contributed by atoms with Gasteiger partial charge in [-0.1, -0.05) is 6.42 Å². The highest BCUT2D eigenvalue weighted by atomic mass is 35.5. The summed E-state index contributed by atoms with van der Waals surface area (Å²) in [6, 6.07) is -0.151. The van der Waals surface area contributed by atoms with Gasteiger partial charge in [0.05, 0.1) is 13.2 Å². The number of piperidine rings is 1. The molecule has 0 aromatic carbocycles. The Hall–Kier alpha value is 0.120. The van der Waals surface area contributed by atoms with E-state index >= 15 is 0 Å². The smallest absolute Gasteiger partial charge is 0.282 e. The van der Waals surface area contributed by atoms with Crippen molar-refractivity contribution < 1.29 is 13.2 Å². The van der Waals surface area contributed by atoms with E-state index < -0.39 is 10.2 Å². The Morgan fingerprint density at radius 3 is 2.72 bits per heavy atom. The van der Waals surface area contributed by atoms with Crippen molar-refractivity contribution in [1.82, 2.24) is 8.61 Å². The molecule has 2 unspecified atom stereocenters. The molecule has 2 aliphatic heterocycles. The number of ether oxygens (including phenoxy) is 1. The van der Waals surface area contributed by atoms with Gasteiger partial charge in [0.15, 0.2) is 0 Å². The van der Waals surface area contributed by atoms with Crippen molar-refractivity contribution in [3.63, 3.8) is 0 Å². The quantitative estimate of drug-likeness (QED) is 0.731. The molecule has 0 spiro atoms. The summed E-state index contributed by atoms with van der Waals surface area (Å²) in [6.45, 7) is 3.86. The summed E-state index contributed by atoms with van der Waals surface area (Å²) in [4.78, 5) is 0. The van der Waals surface area contributed by atoms with Crippen LogP contribution in [0.2, 0.25) is 0 Å². The number of halogens is 1. The molecule has 0 aromatic rings. The van der Waals surface area contributed by atoms with E-state index in [1.165, 1.54) is 0 Å². The van der Waals surface area contributed by atoms with Crippen molar-refractivity contribution >= 4 is 21.8 Å². The predicted molar refractivity (Wildman–Crippen MR) is 71.0 cm³/mol. The highest BCUT2D eigenvalue weighted by molar-refractivity contribution is 7.86. The van der Waals surface area contributed by atoms with Crippen molar-refractivity contribution in [2.24, 2.45) is 0 Å². The van der Waals surface area contributed by atoms with Crippen molar-refractivity contribution in [2.75, 3.05) is 32.2 Å². The molecule has 2 aliphatic rings. The summed E-state index contributed by atoms with van der Waals surface area (Å²) in [5, 5.41) is 0. The lowest BCUT2D eigenvalue weighted by Gasteiger charge is -2.40. The van der Waals surface area contributed by atoms with Crippen LogP contribution in [0.4, 0.5) is 0 Å². The van der Waals surface area contributed by atoms with Gasteiger partial charge in [0.1, 0.15) is 0 Å². The van der Waals surface area contributed by atoms with Gasteiger partial charge in [-0.3, -0.25) is 0 Å². The zero-order chi connectivity index (χ0) is 13.2. The van der Waals surface area contributed by atoms with E-state index in [1.807, 2.05) is 6.92 Å². The van der Waals surface area contributed by atoms with Gasteiger partial charge in [-0.2, -0.15) is 17.0 Å². The van der Waals surface area contributed by atoms with Gasteiger partial charge in [0, 0.05) is 31.1 Å². The Morgan fingerprint density at radius 2 is 2.06 bits per heavy atom. The maximum absolute atomic E-state index is 12.7. The minimum atomic E-state index is -3.39. The van der Waals surface area contributed by atoms with Crippen LogP contribution in [0.5, 0.6) is 0 Å². The first kappa shape index (κ1) is 14.5. The molecular formula is C11H21ClN2O3S. The second kappa shape index (κ2) is 6.05. The van der Waals surface area contributed by atoms with Crippen molar-refractivity contribution in [3.05, 3.63) is 0 Å². The summed E-state index contributed by atoms with van der Waals surface area (Å²) in [6.07, 6.45) is 2.84. The molecule has 0 N–H and O–H groups in total. The molecule has 2 atom stereocenters. The molecular weight excluding hydrogens is 276 g/mol. The lowest BCUT2D eigenvalue weighted by atomic mass is 10.1. The molecule has 0 aliphatic carbocycles. The minimum Gasteiger partial charge on any atom is -0.378 e. The predicted octanol–water partition coefficient (Wildman–Crippen LogP) is 1.05. The molecule has 7 heteroatoms. The topological polar surface area (TPSA) is 49.9 Å². The average Bonchev–Trinajstić information content (AvgIpc) is 2.39. The normalized spacial score (nSPS) is 32.6. The van der Waals surface area contributed by atoms with Crippen LogP contribution in [0.3, 0.4) is 0 Å². The lowest BCUT2D eigenvalue weighted by Crippen LogP contribution is -2.56. The second-order valence-electron chi connectivity index (χ2n) is 4.96. The molecule has 2 rings (SSSR count). The Kier molecular flexibility index (Phi) is 4.88.